The van der Waals surface area contributed by atoms with Gasteiger partial charge in [0.15, 0.2) is 0 Å². The van der Waals surface area contributed by atoms with Crippen molar-refractivity contribution >= 4 is 17.5 Å². The van der Waals surface area contributed by atoms with Gasteiger partial charge in [0.25, 0.3) is 5.91 Å². The van der Waals surface area contributed by atoms with E-state index in [1.165, 1.54) is 6.33 Å². The van der Waals surface area contributed by atoms with Gasteiger partial charge >= 0.3 is 0 Å². The maximum atomic E-state index is 13.6. The Morgan fingerprint density at radius 1 is 1.06 bits per heavy atom. The van der Waals surface area contributed by atoms with E-state index >= 15 is 0 Å². The lowest BCUT2D eigenvalue weighted by Gasteiger charge is -2.29. The Morgan fingerprint density at radius 2 is 1.74 bits per heavy atom. The molecule has 4 rings (SSSR count). The third kappa shape index (κ3) is 3.96. The highest BCUT2D eigenvalue weighted by Gasteiger charge is 2.35. The third-order valence-corrected chi connectivity index (χ3v) is 4.99. The molecule has 0 spiro atoms. The number of hydrogen-bond donors (Lipinski definition) is 2. The number of para-hydroxylation sites is 3. The molecule has 1 atom stereocenters. The largest absolute Gasteiger partial charge is 0.494 e. The number of fused-ring (bicyclic) bond motifs is 1. The number of ether oxygens (including phenoxy) is 2. The van der Waals surface area contributed by atoms with Gasteiger partial charge in [0.05, 0.1) is 24.5 Å². The summed E-state index contributed by atoms with van der Waals surface area (Å²) in [6.45, 7) is 6.71. The van der Waals surface area contributed by atoms with E-state index in [0.29, 0.717) is 47.6 Å². The van der Waals surface area contributed by atoms with Gasteiger partial charge in [0, 0.05) is 11.3 Å². The molecule has 0 unspecified atom stereocenters. The van der Waals surface area contributed by atoms with Crippen LogP contribution < -0.4 is 20.1 Å². The summed E-state index contributed by atoms with van der Waals surface area (Å²) < 4.78 is 13.2. The van der Waals surface area contributed by atoms with Gasteiger partial charge in [0.2, 0.25) is 5.95 Å². The van der Waals surface area contributed by atoms with Crippen LogP contribution in [-0.2, 0) is 4.79 Å². The highest BCUT2D eigenvalue weighted by atomic mass is 16.5. The van der Waals surface area contributed by atoms with Gasteiger partial charge in [0.1, 0.15) is 23.9 Å². The second-order valence-corrected chi connectivity index (χ2v) is 6.95. The van der Waals surface area contributed by atoms with E-state index in [0.717, 1.165) is 5.56 Å². The number of carbonyl (C=O) groups is 1. The first-order valence-corrected chi connectivity index (χ1v) is 10.3. The Hall–Kier alpha value is -3.81. The zero-order chi connectivity index (χ0) is 21.8. The van der Waals surface area contributed by atoms with Crippen molar-refractivity contribution in [2.24, 2.45) is 0 Å². The van der Waals surface area contributed by atoms with Crippen molar-refractivity contribution in [2.75, 3.05) is 23.8 Å². The van der Waals surface area contributed by atoms with E-state index in [1.54, 1.807) is 4.68 Å². The van der Waals surface area contributed by atoms with Crippen LogP contribution in [-0.4, -0.2) is 33.9 Å². The quantitative estimate of drug-likeness (QED) is 0.602. The third-order valence-electron chi connectivity index (χ3n) is 4.99. The molecule has 2 heterocycles. The predicted molar refractivity (Wildman–Crippen MR) is 118 cm³/mol. The van der Waals surface area contributed by atoms with Gasteiger partial charge in [-0.1, -0.05) is 30.3 Å². The Morgan fingerprint density at radius 3 is 2.52 bits per heavy atom. The van der Waals surface area contributed by atoms with Crippen molar-refractivity contribution in [1.82, 2.24) is 14.8 Å². The molecule has 160 valence electrons. The molecule has 1 aromatic heterocycles. The number of carbonyl (C=O) groups excluding carboxylic acids is 1. The van der Waals surface area contributed by atoms with Crippen molar-refractivity contribution in [3.8, 4) is 11.5 Å². The molecule has 0 saturated carbocycles. The van der Waals surface area contributed by atoms with Crippen molar-refractivity contribution in [2.45, 2.75) is 26.8 Å². The van der Waals surface area contributed by atoms with Crippen LogP contribution in [0.3, 0.4) is 0 Å². The first-order chi connectivity index (χ1) is 15.1. The van der Waals surface area contributed by atoms with E-state index in [-0.39, 0.29) is 5.91 Å². The zero-order valence-corrected chi connectivity index (χ0v) is 17.8. The fourth-order valence-electron chi connectivity index (χ4n) is 3.71. The fourth-order valence-corrected chi connectivity index (χ4v) is 3.71. The second-order valence-electron chi connectivity index (χ2n) is 6.95. The number of nitrogens with one attached hydrogen (secondary N) is 2. The van der Waals surface area contributed by atoms with Crippen LogP contribution in [0, 0.1) is 0 Å². The summed E-state index contributed by atoms with van der Waals surface area (Å²) in [7, 11) is 0. The van der Waals surface area contributed by atoms with Crippen molar-refractivity contribution in [1.29, 1.82) is 0 Å². The zero-order valence-electron chi connectivity index (χ0n) is 17.8. The number of benzene rings is 2. The summed E-state index contributed by atoms with van der Waals surface area (Å²) in [6, 6.07) is 14.6. The van der Waals surface area contributed by atoms with Crippen LogP contribution in [0.5, 0.6) is 11.5 Å². The van der Waals surface area contributed by atoms with Gasteiger partial charge in [-0.25, -0.2) is 4.68 Å². The minimum atomic E-state index is -0.499. The molecule has 1 amide bonds. The fraction of sp³-hybridized carbons (Fsp3) is 0.261. The predicted octanol–water partition coefficient (Wildman–Crippen LogP) is 4.00. The summed E-state index contributed by atoms with van der Waals surface area (Å²) in [5.41, 5.74) is 2.66. The van der Waals surface area contributed by atoms with Gasteiger partial charge in [-0.3, -0.25) is 4.79 Å². The number of anilines is 2. The highest BCUT2D eigenvalue weighted by molar-refractivity contribution is 6.06. The summed E-state index contributed by atoms with van der Waals surface area (Å²) in [4.78, 5) is 17.8. The molecule has 2 N–H and O–H groups in total. The van der Waals surface area contributed by atoms with Crippen LogP contribution in [0.4, 0.5) is 11.6 Å². The van der Waals surface area contributed by atoms with Gasteiger partial charge in [-0.05, 0) is 39.0 Å². The van der Waals surface area contributed by atoms with Crippen LogP contribution in [0.25, 0.3) is 0 Å². The number of aromatic nitrogens is 3. The molecule has 0 aliphatic carbocycles. The Kier molecular flexibility index (Phi) is 5.88. The van der Waals surface area contributed by atoms with Crippen molar-refractivity contribution < 1.29 is 14.3 Å². The molecule has 1 aliphatic rings. The standard InChI is InChI=1S/C23H25N5O3/c1-4-30-18-12-8-6-10-16(18)21-20(15(3)26-23-24-14-25-28(21)23)22(29)27-17-11-7-9-13-19(17)31-5-2/h6-14,21H,4-5H2,1-3H3,(H,27,29)(H,24,25,26)/t21-/m0/s1. The molecule has 2 aromatic carbocycles. The molecule has 8 heteroatoms. The summed E-state index contributed by atoms with van der Waals surface area (Å²) in [6.07, 6.45) is 1.47. The van der Waals surface area contributed by atoms with Gasteiger partial charge < -0.3 is 20.1 Å². The first-order valence-electron chi connectivity index (χ1n) is 10.3. The molecule has 3 aromatic rings. The highest BCUT2D eigenvalue weighted by Crippen LogP contribution is 2.39. The number of hydrogen-bond acceptors (Lipinski definition) is 6. The average Bonchev–Trinajstić information content (AvgIpc) is 3.23. The monoisotopic (exact) mass is 419 g/mol. The lowest BCUT2D eigenvalue weighted by atomic mass is 9.94. The van der Waals surface area contributed by atoms with Crippen molar-refractivity contribution in [3.05, 3.63) is 71.7 Å². The molecular weight excluding hydrogens is 394 g/mol. The Bertz CT molecular complexity index is 1120. The lowest BCUT2D eigenvalue weighted by molar-refractivity contribution is -0.113. The minimum Gasteiger partial charge on any atom is -0.494 e. The number of allylic oxidation sites excluding steroid dienone is 1. The molecule has 0 bridgehead atoms. The molecule has 31 heavy (non-hydrogen) atoms. The van der Waals surface area contributed by atoms with E-state index in [9.17, 15) is 4.79 Å². The first kappa shape index (κ1) is 20.5. The molecule has 0 fully saturated rings. The smallest absolute Gasteiger partial charge is 0.255 e. The Balaban J connectivity index is 1.77. The molecule has 8 nitrogen and oxygen atoms in total. The average molecular weight is 419 g/mol. The maximum Gasteiger partial charge on any atom is 0.255 e. The van der Waals surface area contributed by atoms with Gasteiger partial charge in [-0.15, -0.1) is 0 Å². The van der Waals surface area contributed by atoms with E-state index < -0.39 is 6.04 Å². The molecular formula is C23H25N5O3. The number of nitrogens with zero attached hydrogens (tertiary/aromatic N) is 3. The van der Waals surface area contributed by atoms with Crippen LogP contribution in [0.15, 0.2) is 66.1 Å². The lowest BCUT2D eigenvalue weighted by Crippen LogP contribution is -2.31. The van der Waals surface area contributed by atoms with Crippen molar-refractivity contribution in [3.63, 3.8) is 0 Å². The molecule has 0 saturated heterocycles. The topological polar surface area (TPSA) is 90.3 Å². The Labute approximate surface area is 180 Å². The molecule has 1 aliphatic heterocycles. The summed E-state index contributed by atoms with van der Waals surface area (Å²) >= 11 is 0. The summed E-state index contributed by atoms with van der Waals surface area (Å²) in [5.74, 6) is 1.63. The van der Waals surface area contributed by atoms with E-state index in [4.69, 9.17) is 9.47 Å². The summed E-state index contributed by atoms with van der Waals surface area (Å²) in [5, 5.41) is 10.6. The van der Waals surface area contributed by atoms with Crippen LogP contribution in [0.1, 0.15) is 32.4 Å². The minimum absolute atomic E-state index is 0.255. The SMILES string of the molecule is CCOc1ccccc1NC(=O)C1=C(C)Nc2ncnn2[C@H]1c1ccccc1OCC. The normalized spacial score (nSPS) is 15.1. The van der Waals surface area contributed by atoms with Gasteiger partial charge in [-0.2, -0.15) is 10.1 Å². The maximum absolute atomic E-state index is 13.6. The number of rotatable bonds is 7. The molecule has 0 radical (unpaired) electrons. The van der Waals surface area contributed by atoms with E-state index in [1.807, 2.05) is 69.3 Å². The van der Waals surface area contributed by atoms with E-state index in [2.05, 4.69) is 20.7 Å². The van der Waals surface area contributed by atoms with Crippen LogP contribution in [0.2, 0.25) is 0 Å². The number of amides is 1. The second kappa shape index (κ2) is 8.91. The van der Waals surface area contributed by atoms with Crippen LogP contribution >= 0.6 is 0 Å².